The highest BCUT2D eigenvalue weighted by atomic mass is 35.5. The monoisotopic (exact) mass is 244 g/mol. The minimum absolute atomic E-state index is 0. The zero-order chi connectivity index (χ0) is 10.7. The van der Waals surface area contributed by atoms with Gasteiger partial charge < -0.3 is 5.73 Å². The third kappa shape index (κ3) is 2.97. The van der Waals surface area contributed by atoms with Crippen LogP contribution in [0, 0.1) is 6.92 Å². The predicted molar refractivity (Wildman–Crippen MR) is 67.7 cm³/mol. The number of H-pyrrole nitrogens is 1. The summed E-state index contributed by atoms with van der Waals surface area (Å²) in [7, 11) is 0. The van der Waals surface area contributed by atoms with Gasteiger partial charge in [0.15, 0.2) is 0 Å². The Kier molecular flexibility index (Phi) is 5.25. The number of aryl methyl sites for hydroxylation is 1. The first-order valence-electron chi connectivity index (χ1n) is 5.74. The summed E-state index contributed by atoms with van der Waals surface area (Å²) in [5.41, 5.74) is 8.27. The van der Waals surface area contributed by atoms with Crippen LogP contribution >= 0.6 is 12.4 Å². The third-order valence-electron chi connectivity index (χ3n) is 3.33. The molecular formula is C11H21ClN4. The van der Waals surface area contributed by atoms with E-state index in [2.05, 4.69) is 22.0 Å². The Balaban J connectivity index is 0.00000128. The molecule has 0 bridgehead atoms. The standard InChI is InChI=1S/C11H20N4.ClH/c1-9-10(7-13-14-9)8-15-5-3-2-4-11(15)6-12;/h7,11H,2-6,8,12H2,1H3,(H,13,14);1H. The molecule has 0 radical (unpaired) electrons. The molecule has 1 unspecified atom stereocenters. The Morgan fingerprint density at radius 3 is 3.00 bits per heavy atom. The SMILES string of the molecule is Cc1[nH]ncc1CN1CCCCC1CN.Cl. The van der Waals surface area contributed by atoms with Crippen LogP contribution in [-0.4, -0.2) is 34.2 Å². The summed E-state index contributed by atoms with van der Waals surface area (Å²) in [6.07, 6.45) is 5.79. The topological polar surface area (TPSA) is 57.9 Å². The summed E-state index contributed by atoms with van der Waals surface area (Å²) in [6, 6.07) is 0.563. The van der Waals surface area contributed by atoms with E-state index in [1.165, 1.54) is 37.1 Å². The molecule has 1 fully saturated rings. The lowest BCUT2D eigenvalue weighted by Gasteiger charge is -2.34. The quantitative estimate of drug-likeness (QED) is 0.846. The number of nitrogens with zero attached hydrogens (tertiary/aromatic N) is 2. The number of nitrogens with two attached hydrogens (primary N) is 1. The van der Waals surface area contributed by atoms with E-state index in [1.54, 1.807) is 0 Å². The van der Waals surface area contributed by atoms with Crippen molar-refractivity contribution in [2.45, 2.75) is 38.8 Å². The van der Waals surface area contributed by atoms with Crippen LogP contribution in [0.5, 0.6) is 0 Å². The van der Waals surface area contributed by atoms with Crippen molar-refractivity contribution in [1.29, 1.82) is 0 Å². The molecule has 1 aromatic heterocycles. The summed E-state index contributed by atoms with van der Waals surface area (Å²) >= 11 is 0. The van der Waals surface area contributed by atoms with Crippen molar-refractivity contribution in [2.75, 3.05) is 13.1 Å². The van der Waals surface area contributed by atoms with Gasteiger partial charge in [-0.1, -0.05) is 6.42 Å². The molecule has 2 rings (SSSR count). The fraction of sp³-hybridized carbons (Fsp3) is 0.727. The Labute approximate surface area is 103 Å². The molecule has 1 atom stereocenters. The molecule has 3 N–H and O–H groups in total. The van der Waals surface area contributed by atoms with Gasteiger partial charge in [0.2, 0.25) is 0 Å². The number of hydrogen-bond acceptors (Lipinski definition) is 3. The van der Waals surface area contributed by atoms with Crippen LogP contribution in [0.15, 0.2) is 6.20 Å². The molecule has 0 aromatic carbocycles. The minimum atomic E-state index is 0. The van der Waals surface area contributed by atoms with Gasteiger partial charge in [-0.05, 0) is 26.3 Å². The molecule has 1 aromatic rings. The van der Waals surface area contributed by atoms with Crippen LogP contribution in [0.1, 0.15) is 30.5 Å². The van der Waals surface area contributed by atoms with Crippen LogP contribution < -0.4 is 5.73 Å². The smallest absolute Gasteiger partial charge is 0.0535 e. The Morgan fingerprint density at radius 1 is 1.56 bits per heavy atom. The van der Waals surface area contributed by atoms with Gasteiger partial charge >= 0.3 is 0 Å². The van der Waals surface area contributed by atoms with E-state index in [1.807, 2.05) is 6.20 Å². The zero-order valence-electron chi connectivity index (χ0n) is 9.78. The van der Waals surface area contributed by atoms with Crippen molar-refractivity contribution >= 4 is 12.4 Å². The fourth-order valence-electron chi connectivity index (χ4n) is 2.29. The molecule has 0 amide bonds. The summed E-state index contributed by atoms with van der Waals surface area (Å²) in [6.45, 7) is 5.01. The molecule has 5 heteroatoms. The van der Waals surface area contributed by atoms with Crippen molar-refractivity contribution < 1.29 is 0 Å². The van der Waals surface area contributed by atoms with E-state index in [-0.39, 0.29) is 12.4 Å². The van der Waals surface area contributed by atoms with E-state index in [0.717, 1.165) is 13.1 Å². The van der Waals surface area contributed by atoms with Crippen molar-refractivity contribution in [1.82, 2.24) is 15.1 Å². The highest BCUT2D eigenvalue weighted by molar-refractivity contribution is 5.85. The first-order valence-corrected chi connectivity index (χ1v) is 5.74. The summed E-state index contributed by atoms with van der Waals surface area (Å²) in [5.74, 6) is 0. The number of piperidine rings is 1. The molecule has 2 heterocycles. The largest absolute Gasteiger partial charge is 0.329 e. The Bertz CT molecular complexity index is 313. The fourth-order valence-corrected chi connectivity index (χ4v) is 2.29. The van der Waals surface area contributed by atoms with Crippen molar-refractivity contribution in [3.8, 4) is 0 Å². The predicted octanol–water partition coefficient (Wildman–Crippen LogP) is 1.45. The van der Waals surface area contributed by atoms with E-state index >= 15 is 0 Å². The van der Waals surface area contributed by atoms with Gasteiger partial charge in [-0.25, -0.2) is 0 Å². The molecule has 4 nitrogen and oxygen atoms in total. The second-order valence-corrected chi connectivity index (χ2v) is 4.38. The number of aromatic amines is 1. The van der Waals surface area contributed by atoms with E-state index in [4.69, 9.17) is 5.73 Å². The highest BCUT2D eigenvalue weighted by Gasteiger charge is 2.21. The van der Waals surface area contributed by atoms with Crippen molar-refractivity contribution in [3.05, 3.63) is 17.5 Å². The van der Waals surface area contributed by atoms with Crippen LogP contribution in [0.2, 0.25) is 0 Å². The van der Waals surface area contributed by atoms with Gasteiger partial charge in [0.05, 0.1) is 6.20 Å². The maximum atomic E-state index is 5.80. The second kappa shape index (κ2) is 6.23. The zero-order valence-corrected chi connectivity index (χ0v) is 10.6. The van der Waals surface area contributed by atoms with E-state index < -0.39 is 0 Å². The van der Waals surface area contributed by atoms with Gasteiger partial charge in [0.1, 0.15) is 0 Å². The lowest BCUT2D eigenvalue weighted by molar-refractivity contribution is 0.144. The van der Waals surface area contributed by atoms with Gasteiger partial charge in [-0.3, -0.25) is 10.00 Å². The number of halogens is 1. The normalized spacial score (nSPS) is 21.8. The lowest BCUT2D eigenvalue weighted by atomic mass is 10.0. The van der Waals surface area contributed by atoms with Crippen LogP contribution in [0.4, 0.5) is 0 Å². The summed E-state index contributed by atoms with van der Waals surface area (Å²) in [5, 5.41) is 7.04. The van der Waals surface area contributed by atoms with Crippen LogP contribution in [0.3, 0.4) is 0 Å². The molecule has 92 valence electrons. The number of hydrogen-bond donors (Lipinski definition) is 2. The Morgan fingerprint density at radius 2 is 2.38 bits per heavy atom. The minimum Gasteiger partial charge on any atom is -0.329 e. The molecular weight excluding hydrogens is 224 g/mol. The number of likely N-dealkylation sites (tertiary alicyclic amines) is 1. The molecule has 0 aliphatic carbocycles. The molecule has 1 aliphatic rings. The van der Waals surface area contributed by atoms with E-state index in [9.17, 15) is 0 Å². The first-order chi connectivity index (χ1) is 7.31. The average Bonchev–Trinajstić information content (AvgIpc) is 2.65. The molecule has 16 heavy (non-hydrogen) atoms. The maximum absolute atomic E-state index is 5.80. The molecule has 0 saturated carbocycles. The molecule has 1 aliphatic heterocycles. The second-order valence-electron chi connectivity index (χ2n) is 4.38. The summed E-state index contributed by atoms with van der Waals surface area (Å²) in [4.78, 5) is 2.49. The number of nitrogens with one attached hydrogen (secondary N) is 1. The average molecular weight is 245 g/mol. The third-order valence-corrected chi connectivity index (χ3v) is 3.33. The lowest BCUT2D eigenvalue weighted by Crippen LogP contribution is -2.43. The highest BCUT2D eigenvalue weighted by Crippen LogP contribution is 2.19. The van der Waals surface area contributed by atoms with Crippen molar-refractivity contribution in [3.63, 3.8) is 0 Å². The molecule has 1 saturated heterocycles. The van der Waals surface area contributed by atoms with Crippen LogP contribution in [-0.2, 0) is 6.54 Å². The number of aromatic nitrogens is 2. The van der Waals surface area contributed by atoms with Gasteiger partial charge in [-0.2, -0.15) is 5.10 Å². The summed E-state index contributed by atoms with van der Waals surface area (Å²) < 4.78 is 0. The van der Waals surface area contributed by atoms with Crippen LogP contribution in [0.25, 0.3) is 0 Å². The van der Waals surface area contributed by atoms with Gasteiger partial charge in [-0.15, -0.1) is 12.4 Å². The van der Waals surface area contributed by atoms with Crippen molar-refractivity contribution in [2.24, 2.45) is 5.73 Å². The first kappa shape index (κ1) is 13.5. The Hall–Kier alpha value is -0.580. The molecule has 0 spiro atoms. The van der Waals surface area contributed by atoms with Gasteiger partial charge in [0, 0.05) is 30.4 Å². The number of rotatable bonds is 3. The van der Waals surface area contributed by atoms with E-state index in [0.29, 0.717) is 6.04 Å². The van der Waals surface area contributed by atoms with Gasteiger partial charge in [0.25, 0.3) is 0 Å². The maximum Gasteiger partial charge on any atom is 0.0535 e.